The molecule has 2 aromatic heterocycles. The maximum Gasteiger partial charge on any atom is 0.306 e. The molecule has 0 atom stereocenters. The van der Waals surface area contributed by atoms with Crippen molar-refractivity contribution >= 4 is 17.7 Å². The van der Waals surface area contributed by atoms with Gasteiger partial charge in [-0.1, -0.05) is 12.1 Å². The van der Waals surface area contributed by atoms with E-state index in [1.165, 1.54) is 6.33 Å². The van der Waals surface area contributed by atoms with Crippen LogP contribution in [0.2, 0.25) is 0 Å². The molecule has 1 aromatic carbocycles. The van der Waals surface area contributed by atoms with Gasteiger partial charge in [-0.25, -0.2) is 9.50 Å². The van der Waals surface area contributed by atoms with Crippen LogP contribution in [0.3, 0.4) is 0 Å². The van der Waals surface area contributed by atoms with E-state index in [0.29, 0.717) is 25.2 Å². The second-order valence-electron chi connectivity index (χ2n) is 6.84. The summed E-state index contributed by atoms with van der Waals surface area (Å²) in [6, 6.07) is 7.64. The molecule has 158 valence electrons. The molecule has 0 aliphatic heterocycles. The van der Waals surface area contributed by atoms with Gasteiger partial charge in [0.1, 0.15) is 12.1 Å². The fraction of sp³-hybridized carbons (Fsp3) is 0.381. The number of carbonyl (C=O) groups is 2. The molecule has 2 heterocycles. The molecule has 1 N–H and O–H groups in total. The molecule has 0 aliphatic carbocycles. The van der Waals surface area contributed by atoms with E-state index in [-0.39, 0.29) is 18.9 Å². The highest BCUT2D eigenvalue weighted by atomic mass is 16.5. The number of nitrogens with zero attached hydrogens (tertiary/aromatic N) is 4. The summed E-state index contributed by atoms with van der Waals surface area (Å²) in [7, 11) is 1.62. The largest absolute Gasteiger partial charge is 0.497 e. The van der Waals surface area contributed by atoms with Gasteiger partial charge >= 0.3 is 5.97 Å². The van der Waals surface area contributed by atoms with Crippen LogP contribution in [0.5, 0.6) is 5.75 Å². The van der Waals surface area contributed by atoms with E-state index < -0.39 is 5.97 Å². The molecule has 0 radical (unpaired) electrons. The number of carbonyl (C=O) groups excluding carboxylic acids is 2. The molecule has 3 aromatic rings. The first-order valence-electron chi connectivity index (χ1n) is 9.69. The third-order valence-corrected chi connectivity index (χ3v) is 4.83. The quantitative estimate of drug-likeness (QED) is 0.533. The van der Waals surface area contributed by atoms with Gasteiger partial charge in [-0.3, -0.25) is 9.59 Å². The number of hydrogen-bond acceptors (Lipinski definition) is 7. The van der Waals surface area contributed by atoms with Gasteiger partial charge in [-0.15, -0.1) is 0 Å². The molecule has 3 rings (SSSR count). The maximum absolute atomic E-state index is 12.0. The van der Waals surface area contributed by atoms with Crippen LogP contribution in [-0.2, 0) is 27.2 Å². The van der Waals surface area contributed by atoms with Gasteiger partial charge < -0.3 is 14.8 Å². The highest BCUT2D eigenvalue weighted by molar-refractivity contribution is 5.80. The number of hydrogen-bond donors (Lipinski definition) is 1. The fourth-order valence-corrected chi connectivity index (χ4v) is 3.15. The van der Waals surface area contributed by atoms with Gasteiger partial charge in [-0.05, 0) is 49.9 Å². The lowest BCUT2D eigenvalue weighted by Crippen LogP contribution is -2.30. The van der Waals surface area contributed by atoms with Crippen LogP contribution in [0.4, 0.5) is 0 Å². The minimum absolute atomic E-state index is 0.155. The Morgan fingerprint density at radius 3 is 2.63 bits per heavy atom. The van der Waals surface area contributed by atoms with Crippen molar-refractivity contribution in [2.24, 2.45) is 0 Å². The Kier molecular flexibility index (Phi) is 6.95. The molecule has 0 spiro atoms. The van der Waals surface area contributed by atoms with Crippen molar-refractivity contribution in [3.05, 3.63) is 53.1 Å². The number of aromatic nitrogens is 4. The van der Waals surface area contributed by atoms with Crippen LogP contribution >= 0.6 is 0 Å². The molecule has 1 amide bonds. The number of amides is 1. The minimum atomic E-state index is -0.433. The lowest BCUT2D eigenvalue weighted by Gasteiger charge is -2.10. The first kappa shape index (κ1) is 21.2. The molecule has 30 heavy (non-hydrogen) atoms. The number of methoxy groups -OCH3 is 1. The highest BCUT2D eigenvalue weighted by Gasteiger charge is 2.14. The van der Waals surface area contributed by atoms with Crippen LogP contribution in [0.1, 0.15) is 28.9 Å². The number of benzene rings is 1. The Bertz CT molecular complexity index is 1030. The Hall–Kier alpha value is -3.49. The molecule has 0 saturated carbocycles. The van der Waals surface area contributed by atoms with Crippen LogP contribution < -0.4 is 10.1 Å². The van der Waals surface area contributed by atoms with Gasteiger partial charge in [0, 0.05) is 24.4 Å². The number of ether oxygens (including phenoxy) is 2. The topological polar surface area (TPSA) is 108 Å². The normalized spacial score (nSPS) is 10.8. The van der Waals surface area contributed by atoms with E-state index in [1.54, 1.807) is 11.6 Å². The molecule has 0 aliphatic rings. The summed E-state index contributed by atoms with van der Waals surface area (Å²) in [4.78, 5) is 32.4. The van der Waals surface area contributed by atoms with E-state index >= 15 is 0 Å². The van der Waals surface area contributed by atoms with Gasteiger partial charge in [0.05, 0.1) is 7.11 Å². The average Bonchev–Trinajstić information content (AvgIpc) is 3.21. The van der Waals surface area contributed by atoms with Crippen molar-refractivity contribution in [1.29, 1.82) is 0 Å². The zero-order valence-corrected chi connectivity index (χ0v) is 17.3. The first-order valence-corrected chi connectivity index (χ1v) is 9.69. The molecular formula is C21H25N5O4. The number of aryl methyl sites for hydroxylation is 2. The van der Waals surface area contributed by atoms with E-state index in [4.69, 9.17) is 9.47 Å². The molecule has 9 heteroatoms. The second-order valence-corrected chi connectivity index (χ2v) is 6.84. The van der Waals surface area contributed by atoms with Gasteiger partial charge in [0.2, 0.25) is 0 Å². The van der Waals surface area contributed by atoms with E-state index in [2.05, 4.69) is 20.4 Å². The summed E-state index contributed by atoms with van der Waals surface area (Å²) in [5.41, 5.74) is 3.70. The van der Waals surface area contributed by atoms with Crippen molar-refractivity contribution in [2.75, 3.05) is 20.3 Å². The smallest absolute Gasteiger partial charge is 0.306 e. The molecule has 0 saturated heterocycles. The Morgan fingerprint density at radius 2 is 1.90 bits per heavy atom. The second kappa shape index (κ2) is 9.82. The third-order valence-electron chi connectivity index (χ3n) is 4.83. The van der Waals surface area contributed by atoms with Gasteiger partial charge in [-0.2, -0.15) is 10.1 Å². The minimum Gasteiger partial charge on any atom is -0.497 e. The van der Waals surface area contributed by atoms with Gasteiger partial charge in [0.15, 0.2) is 6.61 Å². The fourth-order valence-electron chi connectivity index (χ4n) is 3.15. The predicted molar refractivity (Wildman–Crippen MR) is 109 cm³/mol. The maximum atomic E-state index is 12.0. The summed E-state index contributed by atoms with van der Waals surface area (Å²) in [5.74, 6) is 0.562. The van der Waals surface area contributed by atoms with E-state index in [0.717, 1.165) is 28.3 Å². The van der Waals surface area contributed by atoms with Crippen molar-refractivity contribution in [3.8, 4) is 5.75 Å². The van der Waals surface area contributed by atoms with Crippen LogP contribution in [0, 0.1) is 13.8 Å². The Morgan fingerprint density at radius 1 is 1.13 bits per heavy atom. The number of esters is 1. The average molecular weight is 411 g/mol. The summed E-state index contributed by atoms with van der Waals surface area (Å²) in [6.45, 7) is 3.95. The van der Waals surface area contributed by atoms with E-state index in [1.807, 2.05) is 38.1 Å². The summed E-state index contributed by atoms with van der Waals surface area (Å²) in [5, 5.41) is 6.88. The van der Waals surface area contributed by atoms with Gasteiger partial charge in [0.25, 0.3) is 11.7 Å². The molecular weight excluding hydrogens is 386 g/mol. The summed E-state index contributed by atoms with van der Waals surface area (Å²) < 4.78 is 11.8. The standard InChI is InChI=1S/C21H25N5O4/c1-14-18(15(2)26-21(25-14)23-13-24-26)8-9-20(28)30-12-19(27)22-11-10-16-4-6-17(29-3)7-5-16/h4-7,13H,8-12H2,1-3H3,(H,22,27). The highest BCUT2D eigenvalue weighted by Crippen LogP contribution is 2.15. The SMILES string of the molecule is COc1ccc(CCNC(=O)COC(=O)CCc2c(C)nc3ncnn3c2C)cc1. The van der Waals surface area contributed by atoms with Crippen molar-refractivity contribution < 1.29 is 19.1 Å². The molecule has 0 unspecified atom stereocenters. The zero-order chi connectivity index (χ0) is 21.5. The number of nitrogens with one attached hydrogen (secondary N) is 1. The monoisotopic (exact) mass is 411 g/mol. The molecule has 0 fully saturated rings. The Labute approximate surface area is 174 Å². The lowest BCUT2D eigenvalue weighted by molar-refractivity contribution is -0.148. The first-order chi connectivity index (χ1) is 14.5. The summed E-state index contributed by atoms with van der Waals surface area (Å²) >= 11 is 0. The predicted octanol–water partition coefficient (Wildman–Crippen LogP) is 1.58. The lowest BCUT2D eigenvalue weighted by atomic mass is 10.1. The van der Waals surface area contributed by atoms with Crippen molar-refractivity contribution in [3.63, 3.8) is 0 Å². The van der Waals surface area contributed by atoms with Crippen LogP contribution in [-0.4, -0.2) is 51.7 Å². The molecule has 9 nitrogen and oxygen atoms in total. The van der Waals surface area contributed by atoms with E-state index in [9.17, 15) is 9.59 Å². The van der Waals surface area contributed by atoms with Crippen LogP contribution in [0.15, 0.2) is 30.6 Å². The van der Waals surface area contributed by atoms with Crippen LogP contribution in [0.25, 0.3) is 5.78 Å². The zero-order valence-electron chi connectivity index (χ0n) is 17.3. The summed E-state index contributed by atoms with van der Waals surface area (Å²) in [6.07, 6.45) is 2.74. The van der Waals surface area contributed by atoms with Crippen molar-refractivity contribution in [1.82, 2.24) is 24.9 Å². The number of fused-ring (bicyclic) bond motifs is 1. The Balaban J connectivity index is 1.39. The van der Waals surface area contributed by atoms with Crippen molar-refractivity contribution in [2.45, 2.75) is 33.1 Å². The third kappa shape index (κ3) is 5.31. The number of rotatable bonds is 9. The molecule has 0 bridgehead atoms.